The lowest BCUT2D eigenvalue weighted by Gasteiger charge is -2.23. The van der Waals surface area contributed by atoms with Gasteiger partial charge in [0, 0.05) is 23.1 Å². The number of thiazole rings is 1. The maximum absolute atomic E-state index is 14.7. The number of amidine groups is 1. The number of halogens is 3. The Morgan fingerprint density at radius 1 is 1.23 bits per heavy atom. The van der Waals surface area contributed by atoms with Crippen molar-refractivity contribution in [3.8, 4) is 11.3 Å². The van der Waals surface area contributed by atoms with Crippen molar-refractivity contribution in [3.05, 3.63) is 62.8 Å². The summed E-state index contributed by atoms with van der Waals surface area (Å²) in [5.41, 5.74) is 3.03. The first-order chi connectivity index (χ1) is 17.0. The second-order valence-corrected chi connectivity index (χ2v) is 9.52. The van der Waals surface area contributed by atoms with Crippen LogP contribution in [0.3, 0.4) is 0 Å². The van der Waals surface area contributed by atoms with E-state index in [0.717, 1.165) is 0 Å². The van der Waals surface area contributed by atoms with Crippen LogP contribution in [0.5, 0.6) is 0 Å². The van der Waals surface area contributed by atoms with Crippen molar-refractivity contribution in [1.82, 2.24) is 20.9 Å². The van der Waals surface area contributed by atoms with Crippen LogP contribution in [0.2, 0.25) is 0 Å². The van der Waals surface area contributed by atoms with E-state index in [2.05, 4.69) is 25.9 Å². The van der Waals surface area contributed by atoms with Crippen molar-refractivity contribution < 1.29 is 28.1 Å². The molecule has 1 aromatic heterocycles. The van der Waals surface area contributed by atoms with Crippen molar-refractivity contribution >= 4 is 29.0 Å². The first-order valence-corrected chi connectivity index (χ1v) is 12.2. The fourth-order valence-electron chi connectivity index (χ4n) is 4.39. The molecule has 4 N–H and O–H groups in total. The summed E-state index contributed by atoms with van der Waals surface area (Å²) < 4.78 is 46.4. The van der Waals surface area contributed by atoms with Gasteiger partial charge in [0.1, 0.15) is 35.8 Å². The van der Waals surface area contributed by atoms with E-state index >= 15 is 0 Å². The number of aromatic nitrogens is 1. The first kappa shape index (κ1) is 22.7. The molecule has 0 bridgehead atoms. The highest BCUT2D eigenvalue weighted by atomic mass is 35.5. The predicted molar refractivity (Wildman–Crippen MR) is 123 cm³/mol. The molecule has 5 atom stereocenters. The molecule has 2 saturated heterocycles. The highest BCUT2D eigenvalue weighted by Gasteiger charge is 2.49. The number of nitrogens with one attached hydrogen (secondary N) is 3. The van der Waals surface area contributed by atoms with Gasteiger partial charge in [0.15, 0.2) is 12.3 Å². The van der Waals surface area contributed by atoms with Gasteiger partial charge in [-0.2, -0.15) is 0 Å². The van der Waals surface area contributed by atoms with Gasteiger partial charge in [-0.25, -0.2) is 18.8 Å². The van der Waals surface area contributed by atoms with Crippen LogP contribution in [0.4, 0.5) is 8.78 Å². The van der Waals surface area contributed by atoms with Crippen LogP contribution in [-0.2, 0) is 20.8 Å². The van der Waals surface area contributed by atoms with Gasteiger partial charge in [0.2, 0.25) is 0 Å². The van der Waals surface area contributed by atoms with Crippen LogP contribution < -0.4 is 16.0 Å². The van der Waals surface area contributed by atoms with Crippen LogP contribution in [0, 0.1) is 11.6 Å². The number of dihydropyridines is 1. The predicted octanol–water partition coefficient (Wildman–Crippen LogP) is 1.90. The van der Waals surface area contributed by atoms with Crippen molar-refractivity contribution in [3.63, 3.8) is 0 Å². The Hall–Kier alpha value is -2.77. The molecule has 0 radical (unpaired) electrons. The summed E-state index contributed by atoms with van der Waals surface area (Å²) in [5.74, 6) is -0.991. The second-order valence-electron chi connectivity index (χ2n) is 8.39. The number of hydrogen-bond donors (Lipinski definition) is 4. The molecule has 184 valence electrons. The lowest BCUT2D eigenvalue weighted by Crippen LogP contribution is -2.39. The normalized spacial score (nSPS) is 29.2. The molecular formula is C22H20ClF2N5O4S. The number of aliphatic hydroxyl groups excluding tert-OH is 1. The summed E-state index contributed by atoms with van der Waals surface area (Å²) in [6.45, 7) is 0.342. The standard InChI is InChI=1S/C22H20ClF2N5O4S/c23-11-3-14-21(30-22(28-14)34-17-6-33-18-16(31)5-32-19(17)18)29-20(11)26-4-10-12(24)1-9(2-13(10)25)15-7-35-8-27-15/h1-3,7-8,16-19,21,26,29,31H,4-6H2,(H,28,30)/t16-,17-,18-,19-,21?/m1/s1. The third-order valence-corrected chi connectivity index (χ3v) is 7.03. The summed E-state index contributed by atoms with van der Waals surface area (Å²) in [4.78, 5) is 8.56. The largest absolute Gasteiger partial charge is 0.456 e. The van der Waals surface area contributed by atoms with Crippen molar-refractivity contribution in [2.75, 3.05) is 13.2 Å². The summed E-state index contributed by atoms with van der Waals surface area (Å²) in [6, 6.07) is 2.78. The van der Waals surface area contributed by atoms with Crippen molar-refractivity contribution in [1.29, 1.82) is 0 Å². The third kappa shape index (κ3) is 4.25. The number of aliphatic imine (C=N–C) groups is 1. The minimum absolute atomic E-state index is 0.121. The summed E-state index contributed by atoms with van der Waals surface area (Å²) >= 11 is 7.73. The maximum atomic E-state index is 14.7. The molecule has 4 aliphatic rings. The summed E-state index contributed by atoms with van der Waals surface area (Å²) in [7, 11) is 0. The zero-order valence-electron chi connectivity index (χ0n) is 18.0. The third-order valence-electron chi connectivity index (χ3n) is 6.15. The molecule has 1 aromatic carbocycles. The molecule has 5 heterocycles. The van der Waals surface area contributed by atoms with Gasteiger partial charge < -0.3 is 35.3 Å². The Morgan fingerprint density at radius 2 is 2.03 bits per heavy atom. The SMILES string of the molecule is O[C@@H]1CO[C@H]2[C@@H]1OC[C@H]2OC1=NC2NC(NCc3c(F)cc(-c4cscn4)cc3F)=C(Cl)C=C2N1. The molecule has 0 saturated carbocycles. The molecule has 2 fully saturated rings. The van der Waals surface area contributed by atoms with Crippen LogP contribution in [-0.4, -0.2) is 59.9 Å². The smallest absolute Gasteiger partial charge is 0.292 e. The van der Waals surface area contributed by atoms with E-state index in [0.29, 0.717) is 27.8 Å². The number of aliphatic hydroxyl groups is 1. The molecule has 1 unspecified atom stereocenters. The second kappa shape index (κ2) is 9.03. The summed E-state index contributed by atoms with van der Waals surface area (Å²) in [5, 5.41) is 21.0. The van der Waals surface area contributed by atoms with Gasteiger partial charge in [-0.3, -0.25) is 0 Å². The quantitative estimate of drug-likeness (QED) is 0.470. The minimum atomic E-state index is -0.683. The lowest BCUT2D eigenvalue weighted by atomic mass is 10.1. The Labute approximate surface area is 207 Å². The maximum Gasteiger partial charge on any atom is 0.292 e. The zero-order chi connectivity index (χ0) is 24.1. The van der Waals surface area contributed by atoms with Crippen LogP contribution >= 0.6 is 22.9 Å². The molecule has 35 heavy (non-hydrogen) atoms. The molecule has 0 spiro atoms. The van der Waals surface area contributed by atoms with E-state index in [1.807, 2.05) is 0 Å². The zero-order valence-corrected chi connectivity index (χ0v) is 19.6. The van der Waals surface area contributed by atoms with E-state index in [1.165, 1.54) is 23.5 Å². The number of hydrogen-bond acceptors (Lipinski definition) is 10. The van der Waals surface area contributed by atoms with Crippen molar-refractivity contribution in [2.45, 2.75) is 37.1 Å². The van der Waals surface area contributed by atoms with Gasteiger partial charge in [-0.15, -0.1) is 11.3 Å². The molecule has 6 rings (SSSR count). The van der Waals surface area contributed by atoms with Gasteiger partial charge in [-0.1, -0.05) is 11.6 Å². The number of nitrogens with zero attached hydrogens (tertiary/aromatic N) is 2. The molecule has 4 aliphatic heterocycles. The lowest BCUT2D eigenvalue weighted by molar-refractivity contribution is 0.00515. The first-order valence-electron chi connectivity index (χ1n) is 10.9. The van der Waals surface area contributed by atoms with Crippen molar-refractivity contribution in [2.24, 2.45) is 4.99 Å². The Balaban J connectivity index is 1.11. The van der Waals surface area contributed by atoms with Gasteiger partial charge in [0.05, 0.1) is 35.1 Å². The highest BCUT2D eigenvalue weighted by molar-refractivity contribution is 7.07. The molecule has 13 heteroatoms. The Bertz CT molecular complexity index is 1220. The fraction of sp³-hybridized carbons (Fsp3) is 0.364. The topological polar surface area (TPSA) is 109 Å². The molecule has 9 nitrogen and oxygen atoms in total. The van der Waals surface area contributed by atoms with Gasteiger partial charge in [-0.05, 0) is 18.2 Å². The highest BCUT2D eigenvalue weighted by Crippen LogP contribution is 2.30. The summed E-state index contributed by atoms with van der Waals surface area (Å²) in [6.07, 6.45) is -0.732. The number of rotatable bonds is 5. The van der Waals surface area contributed by atoms with Gasteiger partial charge in [0.25, 0.3) is 6.02 Å². The van der Waals surface area contributed by atoms with E-state index < -0.39 is 36.1 Å². The van der Waals surface area contributed by atoms with E-state index in [9.17, 15) is 13.9 Å². The molecule has 0 aliphatic carbocycles. The fourth-order valence-corrected chi connectivity index (χ4v) is 5.19. The average Bonchev–Trinajstić information content (AvgIpc) is 3.61. The van der Waals surface area contributed by atoms with Crippen LogP contribution in [0.15, 0.2) is 50.6 Å². The Kier molecular flexibility index (Phi) is 5.85. The molecule has 2 aromatic rings. The van der Waals surface area contributed by atoms with E-state index in [-0.39, 0.29) is 37.4 Å². The number of fused-ring (bicyclic) bond motifs is 2. The van der Waals surface area contributed by atoms with Crippen LogP contribution in [0.1, 0.15) is 5.56 Å². The minimum Gasteiger partial charge on any atom is -0.456 e. The van der Waals surface area contributed by atoms with E-state index in [4.69, 9.17) is 25.8 Å². The number of ether oxygens (including phenoxy) is 3. The number of allylic oxidation sites excluding steroid dienone is 2. The van der Waals surface area contributed by atoms with E-state index in [1.54, 1.807) is 17.0 Å². The van der Waals surface area contributed by atoms with Crippen LogP contribution in [0.25, 0.3) is 11.3 Å². The number of benzene rings is 1. The molecule has 0 amide bonds. The molecular weight excluding hydrogens is 504 g/mol. The monoisotopic (exact) mass is 523 g/mol. The average molecular weight is 524 g/mol. The Morgan fingerprint density at radius 3 is 2.80 bits per heavy atom. The van der Waals surface area contributed by atoms with Gasteiger partial charge >= 0.3 is 0 Å².